The van der Waals surface area contributed by atoms with Crippen LogP contribution >= 0.6 is 0 Å². The molecule has 2 aromatic carbocycles. The molecule has 0 aromatic heterocycles. The van der Waals surface area contributed by atoms with Gasteiger partial charge in [0.1, 0.15) is 11.5 Å². The summed E-state index contributed by atoms with van der Waals surface area (Å²) >= 11 is 0. The van der Waals surface area contributed by atoms with Crippen LogP contribution in [0.4, 0.5) is 0 Å². The zero-order valence-corrected chi connectivity index (χ0v) is 20.3. The van der Waals surface area contributed by atoms with Crippen molar-refractivity contribution in [3.8, 4) is 11.5 Å². The Balaban J connectivity index is 1.79. The molecule has 1 atom stereocenters. The maximum Gasteiger partial charge on any atom is 0.275 e. The van der Waals surface area contributed by atoms with Gasteiger partial charge in [-0.3, -0.25) is 20.0 Å². The summed E-state index contributed by atoms with van der Waals surface area (Å²) in [5.41, 5.74) is 12.8. The van der Waals surface area contributed by atoms with Crippen LogP contribution in [0.3, 0.4) is 0 Å². The molecule has 35 heavy (non-hydrogen) atoms. The molecule has 0 saturated heterocycles. The van der Waals surface area contributed by atoms with Crippen molar-refractivity contribution in [3.05, 3.63) is 82.2 Å². The van der Waals surface area contributed by atoms with Crippen molar-refractivity contribution in [1.29, 1.82) is 0 Å². The average molecular weight is 476 g/mol. The lowest BCUT2D eigenvalue weighted by Crippen LogP contribution is -2.38. The number of allylic oxidation sites excluding steroid dienone is 4. The lowest BCUT2D eigenvalue weighted by atomic mass is 9.83. The molecule has 2 aromatic rings. The van der Waals surface area contributed by atoms with E-state index in [2.05, 4.69) is 26.4 Å². The normalized spacial score (nSPS) is 17.5. The molecule has 0 spiro atoms. The molecule has 0 aliphatic carbocycles. The van der Waals surface area contributed by atoms with Crippen molar-refractivity contribution in [3.63, 3.8) is 0 Å². The highest BCUT2D eigenvalue weighted by Gasteiger charge is 2.27. The third-order valence-electron chi connectivity index (χ3n) is 5.76. The van der Waals surface area contributed by atoms with Gasteiger partial charge in [0.15, 0.2) is 0 Å². The van der Waals surface area contributed by atoms with Gasteiger partial charge in [-0.05, 0) is 52.0 Å². The van der Waals surface area contributed by atoms with Gasteiger partial charge in [-0.2, -0.15) is 5.10 Å². The molecule has 9 nitrogen and oxygen atoms in total. The highest BCUT2D eigenvalue weighted by atomic mass is 16.3. The van der Waals surface area contributed by atoms with Gasteiger partial charge >= 0.3 is 0 Å². The van der Waals surface area contributed by atoms with E-state index in [4.69, 9.17) is 0 Å². The lowest BCUT2D eigenvalue weighted by Gasteiger charge is -2.27. The molecule has 5 N–H and O–H groups in total. The maximum atomic E-state index is 12.5. The number of carbonyl (C=O) groups excluding carboxylic acids is 2. The standard InChI is InChI=1S/C26H29N5O4/c1-14-23(17(4)28-30-25(34)19-10-6-8-12-21(19)32)15(2)27-16(3)24(14)18(5)29-31-26(35)20-11-7-9-13-22(20)33/h6-14,28,32-33H,1-5H3,(H,30,34)(H,31,35)/b23-17+,29-18+. The van der Waals surface area contributed by atoms with Crippen LogP contribution in [0.25, 0.3) is 0 Å². The highest BCUT2D eigenvalue weighted by molar-refractivity contribution is 6.08. The number of hydrazone groups is 1. The Kier molecular flexibility index (Phi) is 7.70. The second-order valence-corrected chi connectivity index (χ2v) is 8.21. The van der Waals surface area contributed by atoms with Crippen molar-refractivity contribution in [1.82, 2.24) is 16.3 Å². The van der Waals surface area contributed by atoms with E-state index in [1.165, 1.54) is 24.3 Å². The number of hydrogen-bond acceptors (Lipinski definition) is 7. The number of carbonyl (C=O) groups is 2. The second-order valence-electron chi connectivity index (χ2n) is 8.21. The number of benzene rings is 2. The Hall–Kier alpha value is -4.40. The van der Waals surface area contributed by atoms with Gasteiger partial charge < -0.3 is 15.6 Å². The highest BCUT2D eigenvalue weighted by Crippen LogP contribution is 2.32. The van der Waals surface area contributed by atoms with Gasteiger partial charge in [-0.1, -0.05) is 31.2 Å². The first kappa shape index (κ1) is 25.2. The summed E-state index contributed by atoms with van der Waals surface area (Å²) in [6.07, 6.45) is 0. The number of nitrogens with one attached hydrogen (secondary N) is 3. The molecular weight excluding hydrogens is 446 g/mol. The van der Waals surface area contributed by atoms with E-state index in [1.807, 2.05) is 27.7 Å². The number of aromatic hydroxyl groups is 2. The summed E-state index contributed by atoms with van der Waals surface area (Å²) in [6.45, 7) is 9.34. The molecule has 3 rings (SSSR count). The number of phenols is 2. The Bertz CT molecular complexity index is 1290. The summed E-state index contributed by atoms with van der Waals surface area (Å²) < 4.78 is 0. The van der Waals surface area contributed by atoms with Crippen LogP contribution in [-0.4, -0.2) is 33.5 Å². The summed E-state index contributed by atoms with van der Waals surface area (Å²) in [5, 5.41) is 24.0. The van der Waals surface area contributed by atoms with Crippen LogP contribution in [-0.2, 0) is 0 Å². The third-order valence-corrected chi connectivity index (χ3v) is 5.76. The van der Waals surface area contributed by atoms with Gasteiger partial charge in [0.25, 0.3) is 11.8 Å². The minimum Gasteiger partial charge on any atom is -0.507 e. The monoisotopic (exact) mass is 475 g/mol. The van der Waals surface area contributed by atoms with Crippen molar-refractivity contribution in [2.24, 2.45) is 16.0 Å². The Morgan fingerprint density at radius 3 is 2.00 bits per heavy atom. The van der Waals surface area contributed by atoms with Gasteiger partial charge in [0.05, 0.1) is 16.8 Å². The predicted octanol–water partition coefficient (Wildman–Crippen LogP) is 3.80. The quantitative estimate of drug-likeness (QED) is 0.320. The van der Waals surface area contributed by atoms with Crippen molar-refractivity contribution < 1.29 is 19.8 Å². The first-order valence-electron chi connectivity index (χ1n) is 11.1. The molecule has 9 heteroatoms. The Morgan fingerprint density at radius 2 is 1.43 bits per heavy atom. The fourth-order valence-corrected chi connectivity index (χ4v) is 4.19. The van der Waals surface area contributed by atoms with E-state index in [0.29, 0.717) is 11.4 Å². The van der Waals surface area contributed by atoms with Gasteiger partial charge in [-0.25, -0.2) is 5.43 Å². The summed E-state index contributed by atoms with van der Waals surface area (Å²) in [5.74, 6) is -1.38. The lowest BCUT2D eigenvalue weighted by molar-refractivity contribution is 0.0932. The fourth-order valence-electron chi connectivity index (χ4n) is 4.19. The molecule has 0 radical (unpaired) electrons. The van der Waals surface area contributed by atoms with Crippen LogP contribution in [0.2, 0.25) is 0 Å². The van der Waals surface area contributed by atoms with E-state index >= 15 is 0 Å². The van der Waals surface area contributed by atoms with Crippen molar-refractivity contribution in [2.75, 3.05) is 0 Å². The predicted molar refractivity (Wildman–Crippen MR) is 135 cm³/mol. The number of hydrazine groups is 1. The minimum absolute atomic E-state index is 0.112. The molecule has 0 saturated carbocycles. The zero-order valence-electron chi connectivity index (χ0n) is 20.3. The van der Waals surface area contributed by atoms with Gasteiger partial charge in [0, 0.05) is 34.2 Å². The molecule has 2 amide bonds. The van der Waals surface area contributed by atoms with Crippen LogP contribution in [0.15, 0.2) is 81.2 Å². The number of amides is 2. The molecule has 1 unspecified atom stereocenters. The van der Waals surface area contributed by atoms with Gasteiger partial charge in [0.2, 0.25) is 0 Å². The summed E-state index contributed by atoms with van der Waals surface area (Å²) in [6, 6.07) is 12.5. The average Bonchev–Trinajstić information content (AvgIpc) is 2.81. The third kappa shape index (κ3) is 5.57. The summed E-state index contributed by atoms with van der Waals surface area (Å²) in [4.78, 5) is 29.5. The number of phenolic OH excluding ortho intramolecular Hbond substituents is 2. The van der Waals surface area contributed by atoms with Crippen LogP contribution in [0.5, 0.6) is 11.5 Å². The first-order chi connectivity index (χ1) is 16.6. The smallest absolute Gasteiger partial charge is 0.275 e. The fraction of sp³-hybridized carbons (Fsp3) is 0.231. The van der Waals surface area contributed by atoms with Crippen LogP contribution in [0, 0.1) is 5.92 Å². The van der Waals surface area contributed by atoms with Gasteiger partial charge in [-0.15, -0.1) is 0 Å². The molecule has 1 aliphatic heterocycles. The molecule has 1 heterocycles. The number of para-hydroxylation sites is 2. The number of rotatable bonds is 6. The summed E-state index contributed by atoms with van der Waals surface area (Å²) in [7, 11) is 0. The van der Waals surface area contributed by atoms with E-state index in [-0.39, 0.29) is 28.5 Å². The molecule has 0 bridgehead atoms. The zero-order chi connectivity index (χ0) is 25.7. The van der Waals surface area contributed by atoms with Crippen molar-refractivity contribution >= 4 is 23.2 Å². The van der Waals surface area contributed by atoms with E-state index in [1.54, 1.807) is 31.2 Å². The second kappa shape index (κ2) is 10.7. The van der Waals surface area contributed by atoms with E-state index < -0.39 is 11.8 Å². The Labute approximate surface area is 204 Å². The van der Waals surface area contributed by atoms with Crippen molar-refractivity contribution in [2.45, 2.75) is 34.6 Å². The van der Waals surface area contributed by atoms with E-state index in [9.17, 15) is 19.8 Å². The largest absolute Gasteiger partial charge is 0.507 e. The topological polar surface area (TPSA) is 135 Å². The molecule has 182 valence electrons. The minimum atomic E-state index is -0.524. The van der Waals surface area contributed by atoms with Crippen LogP contribution < -0.4 is 16.3 Å². The number of aliphatic imine (C=N–C) groups is 1. The molecule has 1 aliphatic rings. The first-order valence-corrected chi connectivity index (χ1v) is 11.1. The SMILES string of the molecule is CC1=NC(C)=C(/C(C)=N/NC(=O)c2ccccc2O)C(C)/C1=C(/C)NNC(=O)c1ccccc1O. The number of hydrogen-bond donors (Lipinski definition) is 5. The Morgan fingerprint density at radius 1 is 0.886 bits per heavy atom. The molecular formula is C26H29N5O4. The van der Waals surface area contributed by atoms with Crippen LogP contribution in [0.1, 0.15) is 55.3 Å². The maximum absolute atomic E-state index is 12.5. The van der Waals surface area contributed by atoms with E-state index in [0.717, 1.165) is 22.6 Å². The molecule has 0 fully saturated rings. The number of nitrogens with zero attached hydrogens (tertiary/aromatic N) is 2.